The molecule has 5 rings (SSSR count). The Balaban J connectivity index is 1.34. The maximum absolute atomic E-state index is 13.3. The lowest BCUT2D eigenvalue weighted by molar-refractivity contribution is 0.0528. The summed E-state index contributed by atoms with van der Waals surface area (Å²) >= 11 is 0. The molecule has 1 saturated heterocycles. The van der Waals surface area contributed by atoms with E-state index in [-0.39, 0.29) is 17.7 Å². The third kappa shape index (κ3) is 4.08. The lowest BCUT2D eigenvalue weighted by Crippen LogP contribution is -2.38. The average Bonchev–Trinajstić information content (AvgIpc) is 3.59. The van der Waals surface area contributed by atoms with Crippen molar-refractivity contribution in [2.24, 2.45) is 0 Å². The van der Waals surface area contributed by atoms with Crippen LogP contribution in [-0.2, 0) is 13.0 Å². The molecule has 0 unspecified atom stereocenters. The first-order valence-electron chi connectivity index (χ1n) is 11.0. The molecule has 4 heterocycles. The van der Waals surface area contributed by atoms with E-state index in [2.05, 4.69) is 27.4 Å². The van der Waals surface area contributed by atoms with E-state index in [1.807, 2.05) is 36.0 Å². The average molecular weight is 431 g/mol. The Kier molecular flexibility index (Phi) is 5.58. The number of nitrogens with zero attached hydrogens (tertiary/aromatic N) is 5. The molecule has 1 aliphatic rings. The molecule has 1 atom stereocenters. The molecule has 1 aliphatic heterocycles. The zero-order chi connectivity index (χ0) is 21.9. The van der Waals surface area contributed by atoms with Crippen LogP contribution in [0.15, 0.2) is 63.9 Å². The normalized spacial score (nSPS) is 16.4. The first-order chi connectivity index (χ1) is 15.7. The van der Waals surface area contributed by atoms with E-state index in [4.69, 9.17) is 8.94 Å². The van der Waals surface area contributed by atoms with Gasteiger partial charge in [0.1, 0.15) is 17.5 Å². The highest BCUT2D eigenvalue weighted by Gasteiger charge is 2.34. The zero-order valence-corrected chi connectivity index (χ0v) is 18.0. The number of benzene rings is 1. The number of hydrogen-bond donors (Lipinski definition) is 0. The minimum absolute atomic E-state index is 0.195. The molecule has 1 amide bonds. The van der Waals surface area contributed by atoms with E-state index in [9.17, 15) is 4.79 Å². The molecule has 8 heteroatoms. The van der Waals surface area contributed by atoms with Gasteiger partial charge in [0.15, 0.2) is 0 Å². The fraction of sp³-hybridized carbons (Fsp3) is 0.333. The lowest BCUT2D eigenvalue weighted by Gasteiger charge is -2.32. The van der Waals surface area contributed by atoms with Crippen molar-refractivity contribution in [1.82, 2.24) is 24.8 Å². The van der Waals surface area contributed by atoms with Gasteiger partial charge in [-0.15, -0.1) is 0 Å². The maximum Gasteiger partial charge on any atom is 0.293 e. The van der Waals surface area contributed by atoms with Crippen LogP contribution in [0.2, 0.25) is 0 Å². The molecule has 32 heavy (non-hydrogen) atoms. The van der Waals surface area contributed by atoms with Gasteiger partial charge in [0.25, 0.3) is 5.91 Å². The second kappa shape index (κ2) is 8.82. The largest absolute Gasteiger partial charge is 0.443 e. The van der Waals surface area contributed by atoms with Gasteiger partial charge in [-0.2, -0.15) is 5.10 Å². The van der Waals surface area contributed by atoms with Crippen molar-refractivity contribution >= 4 is 5.91 Å². The molecule has 1 aromatic carbocycles. The summed E-state index contributed by atoms with van der Waals surface area (Å²) < 4.78 is 13.3. The molecule has 0 spiro atoms. The van der Waals surface area contributed by atoms with E-state index in [1.54, 1.807) is 23.4 Å². The Labute approximate surface area is 185 Å². The SMILES string of the molecule is CCn1cc(-c2cc(C(=O)N3CCCC[C@@H]3c3ncc(Cc4ccccc4)o3)on2)cn1. The summed E-state index contributed by atoms with van der Waals surface area (Å²) in [6.07, 6.45) is 8.80. The number of rotatable bonds is 6. The number of carbonyl (C=O) groups is 1. The third-order valence-corrected chi connectivity index (χ3v) is 5.82. The van der Waals surface area contributed by atoms with Crippen LogP contribution < -0.4 is 0 Å². The molecule has 0 bridgehead atoms. The van der Waals surface area contributed by atoms with E-state index in [1.165, 1.54) is 0 Å². The van der Waals surface area contributed by atoms with Gasteiger partial charge in [-0.3, -0.25) is 9.48 Å². The number of hydrogen-bond acceptors (Lipinski definition) is 6. The second-order valence-corrected chi connectivity index (χ2v) is 8.00. The molecule has 0 radical (unpaired) electrons. The maximum atomic E-state index is 13.3. The highest BCUT2D eigenvalue weighted by molar-refractivity contribution is 5.92. The van der Waals surface area contributed by atoms with Gasteiger partial charge in [0.2, 0.25) is 11.7 Å². The molecular weight excluding hydrogens is 406 g/mol. The third-order valence-electron chi connectivity index (χ3n) is 5.82. The van der Waals surface area contributed by atoms with Crippen molar-refractivity contribution in [3.63, 3.8) is 0 Å². The van der Waals surface area contributed by atoms with Crippen molar-refractivity contribution < 1.29 is 13.7 Å². The number of likely N-dealkylation sites (tertiary alicyclic amines) is 1. The second-order valence-electron chi connectivity index (χ2n) is 8.00. The van der Waals surface area contributed by atoms with Crippen LogP contribution in [0.4, 0.5) is 0 Å². The van der Waals surface area contributed by atoms with Crippen LogP contribution in [0.25, 0.3) is 11.3 Å². The summed E-state index contributed by atoms with van der Waals surface area (Å²) in [5.41, 5.74) is 2.58. The van der Waals surface area contributed by atoms with Crippen molar-refractivity contribution in [1.29, 1.82) is 0 Å². The number of aromatic nitrogens is 4. The van der Waals surface area contributed by atoms with E-state index >= 15 is 0 Å². The number of aryl methyl sites for hydroxylation is 1. The van der Waals surface area contributed by atoms with Gasteiger partial charge in [0.05, 0.1) is 12.4 Å². The Morgan fingerprint density at radius 1 is 1.19 bits per heavy atom. The molecule has 0 N–H and O–H groups in total. The molecular formula is C24H25N5O3. The first kappa shape index (κ1) is 20.2. The summed E-state index contributed by atoms with van der Waals surface area (Å²) in [6.45, 7) is 3.41. The van der Waals surface area contributed by atoms with Gasteiger partial charge < -0.3 is 13.8 Å². The standard InChI is InChI=1S/C24H25N5O3/c1-2-28-16-18(14-26-28)20-13-22(32-27-20)24(30)29-11-7-6-10-21(29)23-25-15-19(31-23)12-17-8-4-3-5-9-17/h3-5,8-9,13-16,21H,2,6-7,10-12H2,1H3/t21-/m1/s1. The Morgan fingerprint density at radius 2 is 2.06 bits per heavy atom. The van der Waals surface area contributed by atoms with Gasteiger partial charge in [-0.1, -0.05) is 35.5 Å². The van der Waals surface area contributed by atoms with Crippen molar-refractivity contribution in [2.75, 3.05) is 6.54 Å². The zero-order valence-electron chi connectivity index (χ0n) is 18.0. The topological polar surface area (TPSA) is 90.2 Å². The molecule has 8 nitrogen and oxygen atoms in total. The molecule has 4 aromatic rings. The number of piperidine rings is 1. The lowest BCUT2D eigenvalue weighted by atomic mass is 10.0. The summed E-state index contributed by atoms with van der Waals surface area (Å²) in [5.74, 6) is 1.39. The highest BCUT2D eigenvalue weighted by Crippen LogP contribution is 2.32. The fourth-order valence-electron chi connectivity index (χ4n) is 4.11. The highest BCUT2D eigenvalue weighted by atomic mass is 16.5. The van der Waals surface area contributed by atoms with Crippen LogP contribution >= 0.6 is 0 Å². The van der Waals surface area contributed by atoms with Crippen LogP contribution in [0, 0.1) is 0 Å². The smallest absolute Gasteiger partial charge is 0.293 e. The Bertz CT molecular complexity index is 1190. The van der Waals surface area contributed by atoms with Gasteiger partial charge >= 0.3 is 0 Å². The van der Waals surface area contributed by atoms with E-state index in [0.717, 1.165) is 42.7 Å². The van der Waals surface area contributed by atoms with Crippen LogP contribution in [0.3, 0.4) is 0 Å². The Morgan fingerprint density at radius 3 is 2.88 bits per heavy atom. The molecule has 164 valence electrons. The number of amides is 1. The van der Waals surface area contributed by atoms with E-state index in [0.29, 0.717) is 24.6 Å². The number of oxazole rings is 1. The molecule has 3 aromatic heterocycles. The minimum atomic E-state index is -0.211. The van der Waals surface area contributed by atoms with Crippen LogP contribution in [0.5, 0.6) is 0 Å². The molecule has 0 aliphatic carbocycles. The van der Waals surface area contributed by atoms with E-state index < -0.39 is 0 Å². The summed E-state index contributed by atoms with van der Waals surface area (Å²) in [5, 5.41) is 8.34. The van der Waals surface area contributed by atoms with Crippen LogP contribution in [0.1, 0.15) is 60.0 Å². The van der Waals surface area contributed by atoms with Crippen molar-refractivity contribution in [3.8, 4) is 11.3 Å². The van der Waals surface area contributed by atoms with Gasteiger partial charge in [-0.05, 0) is 31.7 Å². The minimum Gasteiger partial charge on any atom is -0.443 e. The summed E-state index contributed by atoms with van der Waals surface area (Å²) in [6, 6.07) is 11.6. The molecule has 1 fully saturated rings. The fourth-order valence-corrected chi connectivity index (χ4v) is 4.11. The van der Waals surface area contributed by atoms with Gasteiger partial charge in [-0.25, -0.2) is 4.98 Å². The monoisotopic (exact) mass is 431 g/mol. The first-order valence-corrected chi connectivity index (χ1v) is 11.0. The predicted molar refractivity (Wildman–Crippen MR) is 117 cm³/mol. The quantitative estimate of drug-likeness (QED) is 0.446. The molecule has 0 saturated carbocycles. The van der Waals surface area contributed by atoms with Crippen molar-refractivity contribution in [2.45, 2.75) is 45.2 Å². The van der Waals surface area contributed by atoms with Crippen LogP contribution in [-0.4, -0.2) is 37.3 Å². The summed E-state index contributed by atoms with van der Waals surface area (Å²) in [4.78, 5) is 19.6. The summed E-state index contributed by atoms with van der Waals surface area (Å²) in [7, 11) is 0. The van der Waals surface area contributed by atoms with Crippen molar-refractivity contribution in [3.05, 3.63) is 78.0 Å². The van der Waals surface area contributed by atoms with Gasteiger partial charge in [0, 0.05) is 37.3 Å². The number of carbonyl (C=O) groups excluding carboxylic acids is 1. The predicted octanol–water partition coefficient (Wildman–Crippen LogP) is 4.50. The Hall–Kier alpha value is -3.68.